The van der Waals surface area contributed by atoms with E-state index in [0.717, 1.165) is 11.3 Å². The van der Waals surface area contributed by atoms with Crippen molar-refractivity contribution in [3.8, 4) is 0 Å². The molecule has 0 aromatic heterocycles. The molecule has 3 heteroatoms. The van der Waals surface area contributed by atoms with Crippen molar-refractivity contribution in [1.29, 1.82) is 0 Å². The van der Waals surface area contributed by atoms with Gasteiger partial charge in [-0.3, -0.25) is 4.79 Å². The minimum Gasteiger partial charge on any atom is -0.326 e. The van der Waals surface area contributed by atoms with E-state index in [2.05, 4.69) is 31.4 Å². The molecule has 0 radical (unpaired) electrons. The van der Waals surface area contributed by atoms with Crippen LogP contribution < -0.4 is 10.6 Å². The Balaban J connectivity index is 2.87. The van der Waals surface area contributed by atoms with Crippen LogP contribution in [0.15, 0.2) is 24.3 Å². The highest BCUT2D eigenvalue weighted by Crippen LogP contribution is 2.23. The van der Waals surface area contributed by atoms with Crippen LogP contribution in [0.3, 0.4) is 0 Å². The van der Waals surface area contributed by atoms with E-state index in [4.69, 9.17) is 0 Å². The SMILES string of the molecule is CNC(C)c1ccccc1NC(=O)C(C)C(C)C. The summed E-state index contributed by atoms with van der Waals surface area (Å²) in [5, 5.41) is 6.22. The number of hydrogen-bond acceptors (Lipinski definition) is 2. The predicted molar refractivity (Wildman–Crippen MR) is 76.5 cm³/mol. The topological polar surface area (TPSA) is 41.1 Å². The molecule has 1 aromatic carbocycles. The average Bonchev–Trinajstić information content (AvgIpc) is 2.37. The second kappa shape index (κ2) is 6.55. The summed E-state index contributed by atoms with van der Waals surface area (Å²) < 4.78 is 0. The van der Waals surface area contributed by atoms with E-state index in [9.17, 15) is 4.79 Å². The van der Waals surface area contributed by atoms with E-state index >= 15 is 0 Å². The van der Waals surface area contributed by atoms with Crippen LogP contribution in [0.25, 0.3) is 0 Å². The first kappa shape index (κ1) is 14.7. The summed E-state index contributed by atoms with van der Waals surface area (Å²) >= 11 is 0. The normalized spacial score (nSPS) is 14.3. The first-order valence-electron chi connectivity index (χ1n) is 6.54. The lowest BCUT2D eigenvalue weighted by Gasteiger charge is -2.19. The van der Waals surface area contributed by atoms with Gasteiger partial charge < -0.3 is 10.6 Å². The summed E-state index contributed by atoms with van der Waals surface area (Å²) in [4.78, 5) is 12.1. The summed E-state index contributed by atoms with van der Waals surface area (Å²) in [6, 6.07) is 8.15. The zero-order valence-corrected chi connectivity index (χ0v) is 11.9. The van der Waals surface area contributed by atoms with Gasteiger partial charge >= 0.3 is 0 Å². The minimum absolute atomic E-state index is 0.0166. The first-order valence-corrected chi connectivity index (χ1v) is 6.54. The van der Waals surface area contributed by atoms with Crippen molar-refractivity contribution in [2.24, 2.45) is 11.8 Å². The first-order chi connectivity index (χ1) is 8.47. The van der Waals surface area contributed by atoms with Crippen molar-refractivity contribution < 1.29 is 4.79 Å². The number of carbonyl (C=O) groups excluding carboxylic acids is 1. The number of anilines is 1. The van der Waals surface area contributed by atoms with Crippen molar-refractivity contribution in [2.75, 3.05) is 12.4 Å². The number of carbonyl (C=O) groups is 1. The van der Waals surface area contributed by atoms with E-state index in [1.807, 2.05) is 38.2 Å². The molecule has 2 atom stereocenters. The van der Waals surface area contributed by atoms with E-state index in [-0.39, 0.29) is 17.9 Å². The van der Waals surface area contributed by atoms with E-state index in [1.165, 1.54) is 0 Å². The van der Waals surface area contributed by atoms with Crippen LogP contribution in [0.1, 0.15) is 39.3 Å². The number of para-hydroxylation sites is 1. The molecule has 2 unspecified atom stereocenters. The van der Waals surface area contributed by atoms with Crippen molar-refractivity contribution in [1.82, 2.24) is 5.32 Å². The van der Waals surface area contributed by atoms with Gasteiger partial charge in [-0.05, 0) is 31.5 Å². The van der Waals surface area contributed by atoms with Gasteiger partial charge in [0.2, 0.25) is 5.91 Å². The van der Waals surface area contributed by atoms with Gasteiger partial charge in [0, 0.05) is 17.6 Å². The maximum absolute atomic E-state index is 12.1. The Morgan fingerprint density at radius 2 is 1.72 bits per heavy atom. The number of benzene rings is 1. The van der Waals surface area contributed by atoms with E-state index in [1.54, 1.807) is 0 Å². The number of hydrogen-bond donors (Lipinski definition) is 2. The fourth-order valence-corrected chi connectivity index (χ4v) is 1.69. The molecule has 0 fully saturated rings. The van der Waals surface area contributed by atoms with Gasteiger partial charge in [0.05, 0.1) is 0 Å². The Labute approximate surface area is 110 Å². The van der Waals surface area contributed by atoms with Crippen LogP contribution in [-0.4, -0.2) is 13.0 Å². The maximum atomic E-state index is 12.1. The van der Waals surface area contributed by atoms with Gasteiger partial charge in [-0.25, -0.2) is 0 Å². The molecule has 2 N–H and O–H groups in total. The highest BCUT2D eigenvalue weighted by Gasteiger charge is 2.18. The maximum Gasteiger partial charge on any atom is 0.227 e. The van der Waals surface area contributed by atoms with Gasteiger partial charge in [-0.1, -0.05) is 39.0 Å². The molecule has 1 rings (SSSR count). The summed E-state index contributed by atoms with van der Waals surface area (Å²) in [5.74, 6) is 0.447. The fourth-order valence-electron chi connectivity index (χ4n) is 1.69. The third kappa shape index (κ3) is 3.57. The van der Waals surface area contributed by atoms with Gasteiger partial charge in [-0.2, -0.15) is 0 Å². The molecule has 18 heavy (non-hydrogen) atoms. The Morgan fingerprint density at radius 1 is 1.11 bits per heavy atom. The van der Waals surface area contributed by atoms with Crippen LogP contribution in [0.4, 0.5) is 5.69 Å². The van der Waals surface area contributed by atoms with Crippen molar-refractivity contribution >= 4 is 11.6 Å². The predicted octanol–water partition coefficient (Wildman–Crippen LogP) is 3.20. The molecule has 1 aromatic rings. The lowest BCUT2D eigenvalue weighted by Crippen LogP contribution is -2.25. The summed E-state index contributed by atoms with van der Waals surface area (Å²) in [6.07, 6.45) is 0. The Hall–Kier alpha value is -1.35. The minimum atomic E-state index is 0.0166. The molecule has 0 aliphatic carbocycles. The molecule has 1 amide bonds. The van der Waals surface area contributed by atoms with Gasteiger partial charge in [0.25, 0.3) is 0 Å². The van der Waals surface area contributed by atoms with E-state index in [0.29, 0.717) is 5.92 Å². The monoisotopic (exact) mass is 248 g/mol. The molecule has 0 bridgehead atoms. The molecule has 0 aliphatic rings. The average molecular weight is 248 g/mol. The van der Waals surface area contributed by atoms with Crippen LogP contribution in [0, 0.1) is 11.8 Å². The van der Waals surface area contributed by atoms with Crippen molar-refractivity contribution in [3.63, 3.8) is 0 Å². The fraction of sp³-hybridized carbons (Fsp3) is 0.533. The molecule has 0 saturated carbocycles. The summed E-state index contributed by atoms with van der Waals surface area (Å²) in [7, 11) is 1.92. The molecule has 100 valence electrons. The molecule has 3 nitrogen and oxygen atoms in total. The Bertz CT molecular complexity index is 401. The quantitative estimate of drug-likeness (QED) is 0.840. The van der Waals surface area contributed by atoms with Crippen LogP contribution in [0.2, 0.25) is 0 Å². The molecule has 0 spiro atoms. The van der Waals surface area contributed by atoms with Crippen LogP contribution in [0.5, 0.6) is 0 Å². The second-order valence-corrected chi connectivity index (χ2v) is 5.12. The third-order valence-corrected chi connectivity index (χ3v) is 3.53. The Kier molecular flexibility index (Phi) is 5.35. The highest BCUT2D eigenvalue weighted by molar-refractivity contribution is 5.93. The van der Waals surface area contributed by atoms with Gasteiger partial charge in [-0.15, -0.1) is 0 Å². The largest absolute Gasteiger partial charge is 0.326 e. The number of rotatable bonds is 5. The zero-order valence-electron chi connectivity index (χ0n) is 11.9. The third-order valence-electron chi connectivity index (χ3n) is 3.53. The van der Waals surface area contributed by atoms with Crippen molar-refractivity contribution in [2.45, 2.75) is 33.7 Å². The number of nitrogens with one attached hydrogen (secondary N) is 2. The van der Waals surface area contributed by atoms with E-state index < -0.39 is 0 Å². The molecule has 0 aliphatic heterocycles. The number of amides is 1. The van der Waals surface area contributed by atoms with Gasteiger partial charge in [0.15, 0.2) is 0 Å². The molecular weight excluding hydrogens is 224 g/mol. The standard InChI is InChI=1S/C15H24N2O/c1-10(2)11(3)15(18)17-14-9-7-6-8-13(14)12(4)16-5/h6-12,16H,1-5H3,(H,17,18). The van der Waals surface area contributed by atoms with Gasteiger partial charge in [0.1, 0.15) is 0 Å². The second-order valence-electron chi connectivity index (χ2n) is 5.12. The highest BCUT2D eigenvalue weighted by atomic mass is 16.1. The smallest absolute Gasteiger partial charge is 0.227 e. The molecular formula is C15H24N2O. The Morgan fingerprint density at radius 3 is 2.28 bits per heavy atom. The van der Waals surface area contributed by atoms with Crippen LogP contribution >= 0.6 is 0 Å². The van der Waals surface area contributed by atoms with Crippen molar-refractivity contribution in [3.05, 3.63) is 29.8 Å². The lowest BCUT2D eigenvalue weighted by molar-refractivity contribution is -0.120. The summed E-state index contributed by atoms with van der Waals surface area (Å²) in [6.45, 7) is 8.17. The zero-order chi connectivity index (χ0) is 13.7. The lowest BCUT2D eigenvalue weighted by atomic mass is 9.97. The molecule has 0 saturated heterocycles. The molecule has 0 heterocycles. The van der Waals surface area contributed by atoms with Crippen LogP contribution in [-0.2, 0) is 4.79 Å². The summed E-state index contributed by atoms with van der Waals surface area (Å²) in [5.41, 5.74) is 2.01.